The molecule has 1 aliphatic carbocycles. The molecule has 0 spiro atoms. The fraction of sp³-hybridized carbons (Fsp3) is 0.278. The van der Waals surface area contributed by atoms with Gasteiger partial charge in [-0.05, 0) is 54.0 Å². The zero-order chi connectivity index (χ0) is 13.8. The normalized spacial score (nSPS) is 15.2. The predicted molar refractivity (Wildman–Crippen MR) is 82.5 cm³/mol. The number of hydrogen-bond donors (Lipinski definition) is 0. The summed E-state index contributed by atoms with van der Waals surface area (Å²) in [6, 6.07) is 14.8. The Morgan fingerprint density at radius 2 is 1.55 bits per heavy atom. The van der Waals surface area contributed by atoms with E-state index in [1.165, 1.54) is 35.1 Å². The van der Waals surface area contributed by atoms with Crippen LogP contribution in [0.15, 0.2) is 48.7 Å². The van der Waals surface area contributed by atoms with E-state index in [1.807, 2.05) is 12.3 Å². The van der Waals surface area contributed by atoms with Crippen molar-refractivity contribution >= 4 is 11.1 Å². The van der Waals surface area contributed by atoms with Crippen molar-refractivity contribution in [3.63, 3.8) is 0 Å². The lowest BCUT2D eigenvalue weighted by Crippen LogP contribution is -2.00. The molecule has 0 radical (unpaired) electrons. The average Bonchev–Trinajstić information content (AvgIpc) is 2.56. The molecule has 3 rings (SSSR count). The van der Waals surface area contributed by atoms with E-state index in [-0.39, 0.29) is 0 Å². The van der Waals surface area contributed by atoms with Crippen LogP contribution in [0.25, 0.3) is 11.1 Å². The maximum atomic E-state index is 5.14. The molecule has 0 unspecified atom stereocenters. The van der Waals surface area contributed by atoms with Gasteiger partial charge < -0.3 is 4.74 Å². The zero-order valence-corrected chi connectivity index (χ0v) is 11.8. The lowest BCUT2D eigenvalue weighted by Gasteiger charge is -2.21. The predicted octanol–water partition coefficient (Wildman–Crippen LogP) is 4.58. The van der Waals surface area contributed by atoms with Gasteiger partial charge in [-0.3, -0.25) is 0 Å². The summed E-state index contributed by atoms with van der Waals surface area (Å²) in [6.07, 6.45) is 6.76. The highest BCUT2D eigenvalue weighted by atomic mass is 16.5. The van der Waals surface area contributed by atoms with E-state index in [0.29, 0.717) is 5.88 Å². The van der Waals surface area contributed by atoms with Gasteiger partial charge in [-0.2, -0.15) is 0 Å². The molecule has 0 N–H and O–H groups in total. The Balaban J connectivity index is 2.04. The van der Waals surface area contributed by atoms with Gasteiger partial charge in [-0.1, -0.05) is 30.3 Å². The van der Waals surface area contributed by atoms with Crippen molar-refractivity contribution in [2.75, 3.05) is 7.11 Å². The van der Waals surface area contributed by atoms with Crippen LogP contribution in [-0.2, 0) is 0 Å². The summed E-state index contributed by atoms with van der Waals surface area (Å²) in [5.41, 5.74) is 5.49. The van der Waals surface area contributed by atoms with E-state index in [4.69, 9.17) is 4.74 Å². The van der Waals surface area contributed by atoms with Gasteiger partial charge >= 0.3 is 0 Å². The lowest BCUT2D eigenvalue weighted by molar-refractivity contribution is 0.398. The van der Waals surface area contributed by atoms with Crippen LogP contribution in [0, 0.1) is 0 Å². The van der Waals surface area contributed by atoms with Crippen molar-refractivity contribution in [3.05, 3.63) is 59.8 Å². The summed E-state index contributed by atoms with van der Waals surface area (Å²) in [6.45, 7) is 0. The molecule has 0 fully saturated rings. The Morgan fingerprint density at radius 1 is 0.850 bits per heavy atom. The third-order valence-electron chi connectivity index (χ3n) is 3.88. The molecule has 0 saturated carbocycles. The van der Waals surface area contributed by atoms with E-state index in [2.05, 4.69) is 41.4 Å². The van der Waals surface area contributed by atoms with Crippen molar-refractivity contribution < 1.29 is 4.74 Å². The Kier molecular flexibility index (Phi) is 3.82. The molecule has 2 heteroatoms. The van der Waals surface area contributed by atoms with Crippen molar-refractivity contribution in [1.29, 1.82) is 0 Å². The van der Waals surface area contributed by atoms with E-state index < -0.39 is 0 Å². The molecule has 0 atom stereocenters. The first kappa shape index (κ1) is 12.9. The summed E-state index contributed by atoms with van der Waals surface area (Å²) in [4.78, 5) is 4.34. The first-order valence-corrected chi connectivity index (χ1v) is 7.16. The Morgan fingerprint density at radius 3 is 2.15 bits per heavy atom. The summed E-state index contributed by atoms with van der Waals surface area (Å²) >= 11 is 0. The molecule has 0 aliphatic heterocycles. The molecule has 0 amide bonds. The molecule has 1 aliphatic rings. The number of pyridine rings is 1. The Hall–Kier alpha value is -2.09. The van der Waals surface area contributed by atoms with Gasteiger partial charge in [0.05, 0.1) is 7.11 Å². The summed E-state index contributed by atoms with van der Waals surface area (Å²) in [7, 11) is 1.65. The fourth-order valence-electron chi connectivity index (χ4n) is 2.86. The van der Waals surface area contributed by atoms with Crippen LogP contribution in [-0.4, -0.2) is 12.1 Å². The van der Waals surface area contributed by atoms with Gasteiger partial charge in [-0.25, -0.2) is 4.98 Å². The highest BCUT2D eigenvalue weighted by Crippen LogP contribution is 2.37. The number of methoxy groups -OCH3 is 1. The third-order valence-corrected chi connectivity index (χ3v) is 3.88. The fourth-order valence-corrected chi connectivity index (χ4v) is 2.86. The van der Waals surface area contributed by atoms with E-state index in [0.717, 1.165) is 12.8 Å². The molecule has 102 valence electrons. The molecular formula is C18H19NO. The highest BCUT2D eigenvalue weighted by Gasteiger charge is 2.16. The van der Waals surface area contributed by atoms with Gasteiger partial charge in [0.15, 0.2) is 0 Å². The Bertz CT molecular complexity index is 599. The maximum absolute atomic E-state index is 5.14. The highest BCUT2D eigenvalue weighted by molar-refractivity contribution is 5.91. The van der Waals surface area contributed by atoms with Crippen LogP contribution in [0.4, 0.5) is 0 Å². The molecule has 0 saturated heterocycles. The Labute approximate surface area is 120 Å². The van der Waals surface area contributed by atoms with Crippen LogP contribution < -0.4 is 4.74 Å². The van der Waals surface area contributed by atoms with Crippen molar-refractivity contribution in [2.45, 2.75) is 25.7 Å². The summed E-state index contributed by atoms with van der Waals surface area (Å²) in [5.74, 6) is 0.673. The van der Waals surface area contributed by atoms with Gasteiger partial charge in [0.25, 0.3) is 0 Å². The number of rotatable bonds is 3. The van der Waals surface area contributed by atoms with Crippen LogP contribution in [0.5, 0.6) is 5.88 Å². The summed E-state index contributed by atoms with van der Waals surface area (Å²) < 4.78 is 5.14. The van der Waals surface area contributed by atoms with Crippen molar-refractivity contribution in [2.24, 2.45) is 0 Å². The second kappa shape index (κ2) is 5.91. The van der Waals surface area contributed by atoms with Crippen LogP contribution in [0.3, 0.4) is 0 Å². The number of ether oxygens (including phenoxy) is 1. The topological polar surface area (TPSA) is 22.1 Å². The van der Waals surface area contributed by atoms with E-state index in [1.54, 1.807) is 7.11 Å². The second-order valence-corrected chi connectivity index (χ2v) is 5.12. The minimum absolute atomic E-state index is 0.673. The van der Waals surface area contributed by atoms with E-state index >= 15 is 0 Å². The number of hydrogen-bond acceptors (Lipinski definition) is 2. The van der Waals surface area contributed by atoms with Crippen molar-refractivity contribution in [1.82, 2.24) is 4.98 Å². The minimum Gasteiger partial charge on any atom is -0.481 e. The quantitative estimate of drug-likeness (QED) is 0.810. The molecule has 1 heterocycles. The van der Waals surface area contributed by atoms with Gasteiger partial charge in [-0.15, -0.1) is 0 Å². The summed E-state index contributed by atoms with van der Waals surface area (Å²) in [5, 5.41) is 0. The average molecular weight is 265 g/mol. The second-order valence-electron chi connectivity index (χ2n) is 5.12. The molecule has 2 nitrogen and oxygen atoms in total. The minimum atomic E-state index is 0.673. The lowest BCUT2D eigenvalue weighted by atomic mass is 9.84. The number of nitrogens with zero attached hydrogens (tertiary/aromatic N) is 1. The smallest absolute Gasteiger partial charge is 0.212 e. The van der Waals surface area contributed by atoms with Gasteiger partial charge in [0, 0.05) is 12.3 Å². The molecule has 0 bridgehead atoms. The van der Waals surface area contributed by atoms with E-state index in [9.17, 15) is 0 Å². The molecule has 1 aromatic carbocycles. The number of allylic oxidation sites excluding steroid dienone is 2. The largest absolute Gasteiger partial charge is 0.481 e. The molecule has 1 aromatic heterocycles. The van der Waals surface area contributed by atoms with Gasteiger partial charge in [0.2, 0.25) is 5.88 Å². The first-order valence-electron chi connectivity index (χ1n) is 7.16. The number of aromatic nitrogens is 1. The van der Waals surface area contributed by atoms with Crippen molar-refractivity contribution in [3.8, 4) is 5.88 Å². The monoisotopic (exact) mass is 265 g/mol. The maximum Gasteiger partial charge on any atom is 0.212 e. The van der Waals surface area contributed by atoms with Gasteiger partial charge in [0.1, 0.15) is 0 Å². The molecule has 2 aromatic rings. The third kappa shape index (κ3) is 2.60. The standard InChI is InChI=1S/C18H19NO/c1-20-18-12-11-15(13-19-18)17-10-6-5-9-16(17)14-7-3-2-4-8-14/h2-4,7-8,11-13H,5-6,9-10H2,1H3. The SMILES string of the molecule is COc1ccc(C2=C(c3ccccc3)CCCC2)cn1. The number of benzene rings is 1. The molecular weight excluding hydrogens is 246 g/mol. The van der Waals surface area contributed by atoms with Crippen LogP contribution in [0.2, 0.25) is 0 Å². The first-order chi connectivity index (χ1) is 9.88. The van der Waals surface area contributed by atoms with Crippen LogP contribution >= 0.6 is 0 Å². The molecule has 20 heavy (non-hydrogen) atoms. The zero-order valence-electron chi connectivity index (χ0n) is 11.8. The van der Waals surface area contributed by atoms with Crippen LogP contribution in [0.1, 0.15) is 36.8 Å².